The molecule has 1 saturated heterocycles. The third-order valence-electron chi connectivity index (χ3n) is 5.80. The zero-order valence-corrected chi connectivity index (χ0v) is 18.9. The molecule has 0 aliphatic carbocycles. The number of thiazole rings is 1. The van der Waals surface area contributed by atoms with Crippen LogP contribution in [0.2, 0.25) is 0 Å². The van der Waals surface area contributed by atoms with Crippen molar-refractivity contribution in [3.05, 3.63) is 64.7 Å². The third kappa shape index (κ3) is 4.77. The SMILES string of the molecule is Cc1cccc(NC[C@H]2[C@@H](C)CCCN2C(=O)c2nc(C)sc2-c2ccc(F)cc2)n1. The van der Waals surface area contributed by atoms with Gasteiger partial charge in [0, 0.05) is 18.8 Å². The van der Waals surface area contributed by atoms with Crippen molar-refractivity contribution in [3.8, 4) is 10.4 Å². The molecule has 1 N–H and O–H groups in total. The minimum Gasteiger partial charge on any atom is -0.368 e. The molecule has 1 aliphatic rings. The van der Waals surface area contributed by atoms with Crippen molar-refractivity contribution >= 4 is 23.1 Å². The van der Waals surface area contributed by atoms with Crippen molar-refractivity contribution in [2.45, 2.75) is 39.7 Å². The summed E-state index contributed by atoms with van der Waals surface area (Å²) in [6.07, 6.45) is 2.05. The summed E-state index contributed by atoms with van der Waals surface area (Å²) in [6.45, 7) is 7.40. The highest BCUT2D eigenvalue weighted by Crippen LogP contribution is 2.33. The lowest BCUT2D eigenvalue weighted by Gasteiger charge is -2.40. The first kappa shape index (κ1) is 21.4. The molecule has 3 heterocycles. The van der Waals surface area contributed by atoms with Gasteiger partial charge in [0.15, 0.2) is 0 Å². The molecule has 1 aliphatic heterocycles. The van der Waals surface area contributed by atoms with Gasteiger partial charge in [0.2, 0.25) is 0 Å². The molecule has 5 nitrogen and oxygen atoms in total. The molecular formula is C24H27FN4OS. The van der Waals surface area contributed by atoms with E-state index in [4.69, 9.17) is 0 Å². The van der Waals surface area contributed by atoms with Gasteiger partial charge in [-0.2, -0.15) is 0 Å². The Kier molecular flexibility index (Phi) is 6.32. The van der Waals surface area contributed by atoms with Gasteiger partial charge in [0.25, 0.3) is 5.91 Å². The molecule has 1 amide bonds. The molecule has 4 rings (SSSR count). The van der Waals surface area contributed by atoms with Crippen LogP contribution in [0.4, 0.5) is 10.2 Å². The first-order valence-corrected chi connectivity index (χ1v) is 11.5. The number of hydrogen-bond acceptors (Lipinski definition) is 5. The molecule has 0 spiro atoms. The van der Waals surface area contributed by atoms with Crippen LogP contribution in [0.15, 0.2) is 42.5 Å². The number of halogens is 1. The Hall–Kier alpha value is -2.80. The number of hydrogen-bond donors (Lipinski definition) is 1. The number of anilines is 1. The predicted octanol–water partition coefficient (Wildman–Crippen LogP) is 5.31. The lowest BCUT2D eigenvalue weighted by Crippen LogP contribution is -2.51. The van der Waals surface area contributed by atoms with E-state index in [-0.39, 0.29) is 17.8 Å². The van der Waals surface area contributed by atoms with Gasteiger partial charge in [-0.05, 0) is 62.4 Å². The van der Waals surface area contributed by atoms with Gasteiger partial charge < -0.3 is 10.2 Å². The largest absolute Gasteiger partial charge is 0.368 e. The van der Waals surface area contributed by atoms with Gasteiger partial charge in [0.1, 0.15) is 17.3 Å². The number of nitrogens with one attached hydrogen (secondary N) is 1. The molecule has 162 valence electrons. The van der Waals surface area contributed by atoms with Crippen molar-refractivity contribution in [2.24, 2.45) is 5.92 Å². The van der Waals surface area contributed by atoms with E-state index in [2.05, 4.69) is 22.2 Å². The second-order valence-electron chi connectivity index (χ2n) is 8.15. The minimum absolute atomic E-state index is 0.0478. The number of aryl methyl sites for hydroxylation is 2. The fourth-order valence-electron chi connectivity index (χ4n) is 4.17. The number of carbonyl (C=O) groups is 1. The molecule has 0 saturated carbocycles. The Morgan fingerprint density at radius 1 is 1.19 bits per heavy atom. The van der Waals surface area contributed by atoms with Crippen LogP contribution in [0.5, 0.6) is 0 Å². The Bertz CT molecular complexity index is 1070. The second-order valence-corrected chi connectivity index (χ2v) is 9.35. The van der Waals surface area contributed by atoms with Crippen molar-refractivity contribution in [2.75, 3.05) is 18.4 Å². The molecule has 1 fully saturated rings. The standard InChI is InChI=1S/C24H27FN4OS/c1-15-6-5-13-29(20(15)14-26-21-8-4-7-16(2)27-21)24(30)22-23(31-17(3)28-22)18-9-11-19(25)12-10-18/h4,7-12,15,20H,5-6,13-14H2,1-3H3,(H,26,27)/t15-,20-/m0/s1. The highest BCUT2D eigenvalue weighted by Gasteiger charge is 2.34. The van der Waals surface area contributed by atoms with Crippen molar-refractivity contribution in [3.63, 3.8) is 0 Å². The molecule has 2 atom stereocenters. The van der Waals surface area contributed by atoms with Crippen LogP contribution in [0.3, 0.4) is 0 Å². The molecule has 31 heavy (non-hydrogen) atoms. The smallest absolute Gasteiger partial charge is 0.274 e. The number of rotatable bonds is 5. The van der Waals surface area contributed by atoms with E-state index in [0.29, 0.717) is 24.7 Å². The number of amides is 1. The van der Waals surface area contributed by atoms with Crippen LogP contribution in [0.25, 0.3) is 10.4 Å². The summed E-state index contributed by atoms with van der Waals surface area (Å²) in [4.78, 5) is 25.5. The van der Waals surface area contributed by atoms with E-state index in [1.807, 2.05) is 36.9 Å². The average Bonchev–Trinajstić information content (AvgIpc) is 3.14. The summed E-state index contributed by atoms with van der Waals surface area (Å²) in [7, 11) is 0. The maximum atomic E-state index is 13.6. The van der Waals surface area contributed by atoms with E-state index in [9.17, 15) is 9.18 Å². The Morgan fingerprint density at radius 2 is 1.97 bits per heavy atom. The van der Waals surface area contributed by atoms with E-state index < -0.39 is 0 Å². The van der Waals surface area contributed by atoms with Gasteiger partial charge >= 0.3 is 0 Å². The number of likely N-dealkylation sites (tertiary alicyclic amines) is 1. The van der Waals surface area contributed by atoms with Crippen LogP contribution in [0.1, 0.15) is 41.0 Å². The van der Waals surface area contributed by atoms with Crippen molar-refractivity contribution in [1.82, 2.24) is 14.9 Å². The zero-order valence-electron chi connectivity index (χ0n) is 18.1. The van der Waals surface area contributed by atoms with E-state index in [1.54, 1.807) is 12.1 Å². The van der Waals surface area contributed by atoms with Crippen LogP contribution in [0, 0.1) is 25.6 Å². The highest BCUT2D eigenvalue weighted by molar-refractivity contribution is 7.15. The lowest BCUT2D eigenvalue weighted by atomic mass is 9.90. The summed E-state index contributed by atoms with van der Waals surface area (Å²) in [5.74, 6) is 0.837. The van der Waals surface area contributed by atoms with Crippen molar-refractivity contribution in [1.29, 1.82) is 0 Å². The molecule has 7 heteroatoms. The Labute approximate surface area is 186 Å². The predicted molar refractivity (Wildman–Crippen MR) is 123 cm³/mol. The highest BCUT2D eigenvalue weighted by atomic mass is 32.1. The molecule has 0 unspecified atom stereocenters. The number of carbonyl (C=O) groups excluding carboxylic acids is 1. The third-order valence-corrected chi connectivity index (χ3v) is 6.82. The lowest BCUT2D eigenvalue weighted by molar-refractivity contribution is 0.0535. The van der Waals surface area contributed by atoms with Crippen LogP contribution >= 0.6 is 11.3 Å². The van der Waals surface area contributed by atoms with Gasteiger partial charge in [-0.3, -0.25) is 4.79 Å². The molecule has 3 aromatic rings. The van der Waals surface area contributed by atoms with Crippen LogP contribution in [-0.2, 0) is 0 Å². The van der Waals surface area contributed by atoms with E-state index in [0.717, 1.165) is 39.8 Å². The maximum absolute atomic E-state index is 13.6. The van der Waals surface area contributed by atoms with E-state index in [1.165, 1.54) is 23.5 Å². The van der Waals surface area contributed by atoms with Crippen molar-refractivity contribution < 1.29 is 9.18 Å². The van der Waals surface area contributed by atoms with Gasteiger partial charge in [-0.1, -0.05) is 25.1 Å². The number of piperidine rings is 1. The van der Waals surface area contributed by atoms with Crippen LogP contribution in [-0.4, -0.2) is 39.9 Å². The van der Waals surface area contributed by atoms with Gasteiger partial charge in [-0.15, -0.1) is 11.3 Å². The quantitative estimate of drug-likeness (QED) is 0.586. The van der Waals surface area contributed by atoms with Crippen LogP contribution < -0.4 is 5.32 Å². The van der Waals surface area contributed by atoms with Gasteiger partial charge in [0.05, 0.1) is 15.9 Å². The summed E-state index contributed by atoms with van der Waals surface area (Å²) in [5, 5.41) is 4.24. The normalized spacial score (nSPS) is 18.8. The van der Waals surface area contributed by atoms with Gasteiger partial charge in [-0.25, -0.2) is 14.4 Å². The summed E-state index contributed by atoms with van der Waals surface area (Å²) < 4.78 is 13.4. The molecular weight excluding hydrogens is 411 g/mol. The average molecular weight is 439 g/mol. The number of pyridine rings is 1. The molecule has 0 radical (unpaired) electrons. The maximum Gasteiger partial charge on any atom is 0.274 e. The summed E-state index contributed by atoms with van der Waals surface area (Å²) >= 11 is 1.47. The van der Waals surface area contributed by atoms with E-state index >= 15 is 0 Å². The topological polar surface area (TPSA) is 58.1 Å². The fourth-order valence-corrected chi connectivity index (χ4v) is 5.08. The summed E-state index contributed by atoms with van der Waals surface area (Å²) in [6, 6.07) is 12.2. The second kappa shape index (κ2) is 9.14. The molecule has 2 aromatic heterocycles. The number of benzene rings is 1. The first-order chi connectivity index (χ1) is 14.9. The number of nitrogens with zero attached hydrogens (tertiary/aromatic N) is 3. The Balaban J connectivity index is 1.59. The minimum atomic E-state index is -0.293. The molecule has 0 bridgehead atoms. The Morgan fingerprint density at radius 3 is 2.71 bits per heavy atom. The summed E-state index contributed by atoms with van der Waals surface area (Å²) in [5.41, 5.74) is 2.23. The monoisotopic (exact) mass is 438 g/mol. The first-order valence-electron chi connectivity index (χ1n) is 10.6. The molecule has 1 aromatic carbocycles. The zero-order chi connectivity index (χ0) is 22.0. The number of aromatic nitrogens is 2. The fraction of sp³-hybridized carbons (Fsp3) is 0.375.